The first-order chi connectivity index (χ1) is 4.31. The second-order valence-corrected chi connectivity index (χ2v) is 2.67. The molecule has 2 aliphatic rings. The van der Waals surface area contributed by atoms with Gasteiger partial charge in [-0.05, 0) is 6.42 Å². The number of hydrogen-bond acceptors (Lipinski definition) is 4. The van der Waals surface area contributed by atoms with E-state index in [9.17, 15) is 4.79 Å². The van der Waals surface area contributed by atoms with E-state index >= 15 is 0 Å². The molecule has 0 aromatic carbocycles. The minimum absolute atomic E-state index is 0.0723. The first kappa shape index (κ1) is 5.34. The maximum atomic E-state index is 10.7. The Morgan fingerprint density at radius 2 is 2.22 bits per heavy atom. The third-order valence-electron chi connectivity index (χ3n) is 1.93. The van der Waals surface area contributed by atoms with Crippen molar-refractivity contribution < 1.29 is 4.79 Å². The van der Waals surface area contributed by atoms with E-state index in [1.165, 1.54) is 0 Å². The Bertz CT molecular complexity index is 152. The molecule has 1 aliphatic carbocycles. The molecule has 1 saturated heterocycles. The van der Waals surface area contributed by atoms with E-state index < -0.39 is 0 Å². The Morgan fingerprint density at radius 1 is 1.44 bits per heavy atom. The quantitative estimate of drug-likeness (QED) is 0.392. The fraction of sp³-hybridized carbons (Fsp3) is 0.800. The lowest BCUT2D eigenvalue weighted by atomic mass is 10.1. The average molecular weight is 127 g/mol. The van der Waals surface area contributed by atoms with Gasteiger partial charge in [-0.25, -0.2) is 10.9 Å². The van der Waals surface area contributed by atoms with Gasteiger partial charge in [0.05, 0.1) is 0 Å². The minimum Gasteiger partial charge on any atom is -0.300 e. The van der Waals surface area contributed by atoms with Crippen LogP contribution in [0.5, 0.6) is 0 Å². The zero-order chi connectivity index (χ0) is 6.32. The molecule has 1 aliphatic heterocycles. The molecule has 0 aromatic heterocycles. The van der Waals surface area contributed by atoms with E-state index in [1.807, 2.05) is 0 Å². The highest BCUT2D eigenvalue weighted by molar-refractivity contribution is 5.82. The number of hydrogen-bond donors (Lipinski definition) is 3. The van der Waals surface area contributed by atoms with Crippen LogP contribution in [0.1, 0.15) is 19.3 Å². The lowest BCUT2D eigenvalue weighted by molar-refractivity contribution is -0.118. The molecule has 1 saturated carbocycles. The monoisotopic (exact) mass is 127 g/mol. The second kappa shape index (κ2) is 1.53. The molecule has 9 heavy (non-hydrogen) atoms. The number of hydrazine groups is 2. The Labute approximate surface area is 52.9 Å². The summed E-state index contributed by atoms with van der Waals surface area (Å²) in [6.07, 6.45) is 2.25. The van der Waals surface area contributed by atoms with Crippen molar-refractivity contribution in [3.63, 3.8) is 0 Å². The highest BCUT2D eigenvalue weighted by atomic mass is 16.1. The average Bonchev–Trinajstić information content (AvgIpc) is 2.09. The molecule has 0 aromatic rings. The molecule has 50 valence electrons. The maximum Gasteiger partial charge on any atom is 0.136 e. The van der Waals surface area contributed by atoms with Gasteiger partial charge in [0.25, 0.3) is 0 Å². The SMILES string of the molecule is O=C1CCC2(C1)NNN2. The number of rotatable bonds is 0. The Kier molecular flexibility index (Phi) is 0.908. The summed E-state index contributed by atoms with van der Waals surface area (Å²) in [6, 6.07) is 0. The van der Waals surface area contributed by atoms with Gasteiger partial charge in [-0.1, -0.05) is 0 Å². The van der Waals surface area contributed by atoms with Gasteiger partial charge >= 0.3 is 0 Å². The molecule has 0 bridgehead atoms. The summed E-state index contributed by atoms with van der Waals surface area (Å²) in [4.78, 5) is 10.7. The van der Waals surface area contributed by atoms with Crippen LogP contribution in [0.2, 0.25) is 0 Å². The molecule has 4 nitrogen and oxygen atoms in total. The van der Waals surface area contributed by atoms with Crippen LogP contribution in [0.15, 0.2) is 0 Å². The van der Waals surface area contributed by atoms with Crippen molar-refractivity contribution in [1.82, 2.24) is 16.4 Å². The zero-order valence-electron chi connectivity index (χ0n) is 5.03. The largest absolute Gasteiger partial charge is 0.300 e. The predicted octanol–water partition coefficient (Wildman–Crippen LogP) is -0.952. The molecule has 1 heterocycles. The second-order valence-electron chi connectivity index (χ2n) is 2.67. The van der Waals surface area contributed by atoms with Crippen molar-refractivity contribution in [3.05, 3.63) is 0 Å². The summed E-state index contributed by atoms with van der Waals surface area (Å²) in [6.45, 7) is 0. The van der Waals surface area contributed by atoms with Crippen LogP contribution >= 0.6 is 0 Å². The first-order valence-electron chi connectivity index (χ1n) is 3.12. The summed E-state index contributed by atoms with van der Waals surface area (Å²) in [5.41, 5.74) is 8.58. The number of nitrogens with one attached hydrogen (secondary N) is 3. The van der Waals surface area contributed by atoms with Gasteiger partial charge < -0.3 is 0 Å². The van der Waals surface area contributed by atoms with Gasteiger partial charge in [0.1, 0.15) is 11.4 Å². The van der Waals surface area contributed by atoms with Gasteiger partial charge in [0.15, 0.2) is 0 Å². The van der Waals surface area contributed by atoms with E-state index in [4.69, 9.17) is 0 Å². The van der Waals surface area contributed by atoms with Crippen LogP contribution in [0, 0.1) is 0 Å². The van der Waals surface area contributed by atoms with Crippen molar-refractivity contribution in [1.29, 1.82) is 0 Å². The normalized spacial score (nSPS) is 30.9. The van der Waals surface area contributed by atoms with Crippen molar-refractivity contribution in [2.24, 2.45) is 0 Å². The summed E-state index contributed by atoms with van der Waals surface area (Å²) in [7, 11) is 0. The van der Waals surface area contributed by atoms with Crippen molar-refractivity contribution in [2.45, 2.75) is 24.9 Å². The van der Waals surface area contributed by atoms with E-state index in [2.05, 4.69) is 16.4 Å². The molecular formula is C5H9N3O. The van der Waals surface area contributed by atoms with Crippen LogP contribution < -0.4 is 16.4 Å². The Morgan fingerprint density at radius 3 is 2.44 bits per heavy atom. The van der Waals surface area contributed by atoms with Crippen LogP contribution in [-0.4, -0.2) is 11.4 Å². The molecule has 0 unspecified atom stereocenters. The zero-order valence-corrected chi connectivity index (χ0v) is 5.03. The molecule has 0 radical (unpaired) electrons. The van der Waals surface area contributed by atoms with Gasteiger partial charge in [-0.3, -0.25) is 4.79 Å². The third-order valence-corrected chi connectivity index (χ3v) is 1.93. The summed E-state index contributed by atoms with van der Waals surface area (Å²) >= 11 is 0. The van der Waals surface area contributed by atoms with Crippen LogP contribution in [-0.2, 0) is 4.79 Å². The molecule has 0 amide bonds. The number of Topliss-reactive ketones (excluding diaryl/α,β-unsaturated/α-hetero) is 1. The van der Waals surface area contributed by atoms with Crippen LogP contribution in [0.4, 0.5) is 0 Å². The number of carbonyl (C=O) groups is 1. The van der Waals surface area contributed by atoms with Crippen LogP contribution in [0.3, 0.4) is 0 Å². The van der Waals surface area contributed by atoms with Crippen molar-refractivity contribution in [2.75, 3.05) is 0 Å². The fourth-order valence-electron chi connectivity index (χ4n) is 1.32. The van der Waals surface area contributed by atoms with E-state index in [1.54, 1.807) is 0 Å². The molecule has 4 heteroatoms. The van der Waals surface area contributed by atoms with Gasteiger partial charge in [-0.2, -0.15) is 5.53 Å². The van der Waals surface area contributed by atoms with Crippen molar-refractivity contribution in [3.8, 4) is 0 Å². The van der Waals surface area contributed by atoms with Gasteiger partial charge in [0.2, 0.25) is 0 Å². The van der Waals surface area contributed by atoms with Gasteiger partial charge in [0, 0.05) is 12.8 Å². The van der Waals surface area contributed by atoms with E-state index in [0.717, 1.165) is 6.42 Å². The fourth-order valence-corrected chi connectivity index (χ4v) is 1.32. The number of carbonyl (C=O) groups excluding carboxylic acids is 1. The molecule has 2 rings (SSSR count). The number of ketones is 1. The standard InChI is InChI=1S/C5H9N3O/c9-4-1-2-5(3-4)6-8-7-5/h6-8H,1-3H2. The highest BCUT2D eigenvalue weighted by Gasteiger charge is 2.42. The first-order valence-corrected chi connectivity index (χ1v) is 3.12. The summed E-state index contributed by atoms with van der Waals surface area (Å²) < 4.78 is 0. The smallest absolute Gasteiger partial charge is 0.136 e. The third kappa shape index (κ3) is 0.676. The highest BCUT2D eigenvalue weighted by Crippen LogP contribution is 2.25. The minimum atomic E-state index is -0.0723. The molecule has 2 fully saturated rings. The lowest BCUT2D eigenvalue weighted by Crippen LogP contribution is -2.78. The Hall–Kier alpha value is -0.450. The predicted molar refractivity (Wildman–Crippen MR) is 31.0 cm³/mol. The van der Waals surface area contributed by atoms with Crippen molar-refractivity contribution >= 4 is 5.78 Å². The Balaban J connectivity index is 2.07. The summed E-state index contributed by atoms with van der Waals surface area (Å²) in [5.74, 6) is 0.344. The van der Waals surface area contributed by atoms with Gasteiger partial charge in [-0.15, -0.1) is 0 Å². The van der Waals surface area contributed by atoms with E-state index in [-0.39, 0.29) is 5.66 Å². The van der Waals surface area contributed by atoms with Crippen LogP contribution in [0.25, 0.3) is 0 Å². The van der Waals surface area contributed by atoms with E-state index in [0.29, 0.717) is 18.6 Å². The topological polar surface area (TPSA) is 53.2 Å². The molecular weight excluding hydrogens is 118 g/mol. The molecule has 1 spiro atoms. The maximum absolute atomic E-state index is 10.7. The lowest BCUT2D eigenvalue weighted by Gasteiger charge is -2.40. The molecule has 0 atom stereocenters. The summed E-state index contributed by atoms with van der Waals surface area (Å²) in [5, 5.41) is 0. The molecule has 3 N–H and O–H groups in total.